The van der Waals surface area contributed by atoms with E-state index < -0.39 is 0 Å². The third-order valence-corrected chi connectivity index (χ3v) is 5.28. The van der Waals surface area contributed by atoms with E-state index in [1.165, 1.54) is 9.75 Å². The maximum atomic E-state index is 9.34. The van der Waals surface area contributed by atoms with Crippen molar-refractivity contribution in [3.63, 3.8) is 0 Å². The maximum Gasteiger partial charge on any atom is 0.123 e. The fourth-order valence-corrected chi connectivity index (χ4v) is 3.98. The summed E-state index contributed by atoms with van der Waals surface area (Å²) in [6, 6.07) is 12.2. The highest BCUT2D eigenvalue weighted by Crippen LogP contribution is 2.29. The van der Waals surface area contributed by atoms with Gasteiger partial charge in [-0.15, -0.1) is 11.3 Å². The molecule has 124 valence electrons. The molecule has 0 radical (unpaired) electrons. The van der Waals surface area contributed by atoms with E-state index in [9.17, 15) is 5.11 Å². The molecule has 1 aromatic carbocycles. The molecule has 4 rings (SSSR count). The number of H-pyrrole nitrogens is 1. The van der Waals surface area contributed by atoms with Crippen molar-refractivity contribution >= 4 is 11.3 Å². The number of ether oxygens (including phenoxy) is 1. The first-order valence-electron chi connectivity index (χ1n) is 7.98. The molecule has 2 aromatic heterocycles. The quantitative estimate of drug-likeness (QED) is 0.766. The Bertz CT molecular complexity index is 814. The molecule has 0 spiro atoms. The minimum Gasteiger partial charge on any atom is -0.492 e. The monoisotopic (exact) mass is 341 g/mol. The molecule has 1 aliphatic heterocycles. The SMILES string of the molecule is OCc1ccc2c(c1)CN(Cc1ccc(-c3ccn[nH]3)s1)CCO2. The molecule has 0 bridgehead atoms. The lowest BCUT2D eigenvalue weighted by molar-refractivity contribution is 0.221. The zero-order valence-corrected chi connectivity index (χ0v) is 14.1. The van der Waals surface area contributed by atoms with Crippen LogP contribution in [0.4, 0.5) is 0 Å². The fourth-order valence-electron chi connectivity index (χ4n) is 2.96. The maximum absolute atomic E-state index is 9.34. The highest BCUT2D eigenvalue weighted by Gasteiger charge is 2.17. The first kappa shape index (κ1) is 15.4. The van der Waals surface area contributed by atoms with Crippen molar-refractivity contribution < 1.29 is 9.84 Å². The van der Waals surface area contributed by atoms with Crippen LogP contribution in [0, 0.1) is 0 Å². The van der Waals surface area contributed by atoms with E-state index in [2.05, 4.69) is 27.2 Å². The number of nitrogens with one attached hydrogen (secondary N) is 1. The van der Waals surface area contributed by atoms with Gasteiger partial charge in [-0.2, -0.15) is 5.10 Å². The number of rotatable bonds is 4. The molecule has 0 saturated heterocycles. The van der Waals surface area contributed by atoms with Gasteiger partial charge in [0.1, 0.15) is 12.4 Å². The third-order valence-electron chi connectivity index (χ3n) is 4.17. The predicted octanol–water partition coefficient (Wildman–Crippen LogP) is 3.03. The number of aromatic nitrogens is 2. The molecular weight excluding hydrogens is 322 g/mol. The van der Waals surface area contributed by atoms with Crippen molar-refractivity contribution in [1.29, 1.82) is 0 Å². The van der Waals surface area contributed by atoms with Gasteiger partial charge in [-0.1, -0.05) is 6.07 Å². The summed E-state index contributed by atoms with van der Waals surface area (Å²) in [6.45, 7) is 3.36. The van der Waals surface area contributed by atoms with E-state index >= 15 is 0 Å². The summed E-state index contributed by atoms with van der Waals surface area (Å²) < 4.78 is 5.85. The summed E-state index contributed by atoms with van der Waals surface area (Å²) in [4.78, 5) is 4.91. The number of thiophene rings is 1. The molecule has 0 amide bonds. The van der Waals surface area contributed by atoms with Crippen LogP contribution in [0.2, 0.25) is 0 Å². The van der Waals surface area contributed by atoms with Crippen LogP contribution in [0.3, 0.4) is 0 Å². The summed E-state index contributed by atoms with van der Waals surface area (Å²) in [5.74, 6) is 0.930. The molecule has 0 saturated carbocycles. The number of hydrogen-bond donors (Lipinski definition) is 2. The average Bonchev–Trinajstić information content (AvgIpc) is 3.23. The molecule has 2 N–H and O–H groups in total. The van der Waals surface area contributed by atoms with Gasteiger partial charge in [-0.05, 0) is 35.9 Å². The number of aliphatic hydroxyl groups is 1. The smallest absolute Gasteiger partial charge is 0.123 e. The van der Waals surface area contributed by atoms with Gasteiger partial charge in [0.15, 0.2) is 0 Å². The van der Waals surface area contributed by atoms with E-state index in [-0.39, 0.29) is 6.61 Å². The summed E-state index contributed by atoms with van der Waals surface area (Å²) in [6.07, 6.45) is 1.77. The van der Waals surface area contributed by atoms with Crippen molar-refractivity contribution in [2.75, 3.05) is 13.2 Å². The lowest BCUT2D eigenvalue weighted by Gasteiger charge is -2.18. The minimum absolute atomic E-state index is 0.0613. The zero-order valence-electron chi connectivity index (χ0n) is 13.2. The molecule has 0 fully saturated rings. The Hall–Kier alpha value is -2.15. The largest absolute Gasteiger partial charge is 0.492 e. The summed E-state index contributed by atoms with van der Waals surface area (Å²) in [5, 5.41) is 16.4. The highest BCUT2D eigenvalue weighted by molar-refractivity contribution is 7.15. The second kappa shape index (κ2) is 6.76. The standard InChI is InChI=1S/C18H19N3O2S/c22-12-13-1-3-17-14(9-13)10-21(7-8-23-17)11-15-2-4-18(24-15)16-5-6-19-20-16/h1-6,9,22H,7-8,10-12H2,(H,19,20). The number of benzene rings is 1. The first-order chi connectivity index (χ1) is 11.8. The van der Waals surface area contributed by atoms with Crippen LogP contribution in [0.5, 0.6) is 5.75 Å². The number of aromatic amines is 1. The molecule has 24 heavy (non-hydrogen) atoms. The molecule has 1 aliphatic rings. The third kappa shape index (κ3) is 3.21. The molecular formula is C18H19N3O2S. The minimum atomic E-state index is 0.0613. The van der Waals surface area contributed by atoms with Crippen LogP contribution in [0.15, 0.2) is 42.6 Å². The molecule has 3 aromatic rings. The average molecular weight is 341 g/mol. The van der Waals surface area contributed by atoms with E-state index in [0.29, 0.717) is 6.61 Å². The molecule has 3 heterocycles. The fraction of sp³-hybridized carbons (Fsp3) is 0.278. The molecule has 0 unspecified atom stereocenters. The van der Waals surface area contributed by atoms with E-state index in [1.54, 1.807) is 17.5 Å². The van der Waals surface area contributed by atoms with Gasteiger partial charge in [0, 0.05) is 36.3 Å². The molecule has 0 aliphatic carbocycles. The van der Waals surface area contributed by atoms with Crippen molar-refractivity contribution in [1.82, 2.24) is 15.1 Å². The highest BCUT2D eigenvalue weighted by atomic mass is 32.1. The van der Waals surface area contributed by atoms with E-state index in [1.807, 2.05) is 24.3 Å². The Labute approximate surface area is 144 Å². The van der Waals surface area contributed by atoms with Gasteiger partial charge >= 0.3 is 0 Å². The number of aliphatic hydroxyl groups excluding tert-OH is 1. The lowest BCUT2D eigenvalue weighted by atomic mass is 10.1. The van der Waals surface area contributed by atoms with Crippen LogP contribution < -0.4 is 4.74 Å². The van der Waals surface area contributed by atoms with Gasteiger partial charge in [0.25, 0.3) is 0 Å². The summed E-state index contributed by atoms with van der Waals surface area (Å²) in [7, 11) is 0. The molecule has 0 atom stereocenters. The lowest BCUT2D eigenvalue weighted by Crippen LogP contribution is -2.24. The number of hydrogen-bond acceptors (Lipinski definition) is 5. The Balaban J connectivity index is 1.50. The normalized spacial score (nSPS) is 14.9. The van der Waals surface area contributed by atoms with Crippen molar-refractivity contribution in [2.24, 2.45) is 0 Å². The van der Waals surface area contributed by atoms with Gasteiger partial charge in [0.05, 0.1) is 17.2 Å². The van der Waals surface area contributed by atoms with E-state index in [0.717, 1.165) is 42.2 Å². The Kier molecular flexibility index (Phi) is 4.34. The van der Waals surface area contributed by atoms with Crippen LogP contribution in [0.25, 0.3) is 10.6 Å². The van der Waals surface area contributed by atoms with Crippen LogP contribution in [-0.2, 0) is 19.7 Å². The van der Waals surface area contributed by atoms with E-state index in [4.69, 9.17) is 4.74 Å². The van der Waals surface area contributed by atoms with Crippen LogP contribution in [-0.4, -0.2) is 33.4 Å². The van der Waals surface area contributed by atoms with Crippen LogP contribution >= 0.6 is 11.3 Å². The number of nitrogens with zero attached hydrogens (tertiary/aromatic N) is 2. The topological polar surface area (TPSA) is 61.4 Å². The zero-order chi connectivity index (χ0) is 16.4. The summed E-state index contributed by atoms with van der Waals surface area (Å²) in [5.41, 5.74) is 3.13. The first-order valence-corrected chi connectivity index (χ1v) is 8.80. The molecule has 6 heteroatoms. The van der Waals surface area contributed by atoms with Crippen molar-refractivity contribution in [3.8, 4) is 16.3 Å². The van der Waals surface area contributed by atoms with Crippen molar-refractivity contribution in [2.45, 2.75) is 19.7 Å². The second-order valence-corrected chi connectivity index (χ2v) is 7.06. The molecule has 5 nitrogen and oxygen atoms in total. The Morgan fingerprint density at radius 2 is 2.21 bits per heavy atom. The number of fused-ring (bicyclic) bond motifs is 1. The van der Waals surface area contributed by atoms with Gasteiger partial charge in [-0.25, -0.2) is 0 Å². The summed E-state index contributed by atoms with van der Waals surface area (Å²) >= 11 is 1.79. The Morgan fingerprint density at radius 1 is 1.25 bits per heavy atom. The van der Waals surface area contributed by atoms with Crippen LogP contribution in [0.1, 0.15) is 16.0 Å². The predicted molar refractivity (Wildman–Crippen MR) is 93.9 cm³/mol. The van der Waals surface area contributed by atoms with Crippen molar-refractivity contribution in [3.05, 3.63) is 58.6 Å². The Morgan fingerprint density at radius 3 is 3.04 bits per heavy atom. The van der Waals surface area contributed by atoms with Gasteiger partial charge in [-0.3, -0.25) is 10.00 Å². The van der Waals surface area contributed by atoms with Gasteiger partial charge in [0.2, 0.25) is 0 Å². The second-order valence-electron chi connectivity index (χ2n) is 5.90. The van der Waals surface area contributed by atoms with Gasteiger partial charge < -0.3 is 9.84 Å².